The Morgan fingerprint density at radius 1 is 1.18 bits per heavy atom. The minimum absolute atomic E-state index is 0.242. The first-order valence-corrected chi connectivity index (χ1v) is 8.62. The SMILES string of the molecule is COc1ccc2c(C(=O)Nc3cccc(Cn4cccn4)c3)cc(=O)oc2c1. The van der Waals surface area contributed by atoms with Crippen LogP contribution < -0.4 is 15.7 Å². The van der Waals surface area contributed by atoms with Gasteiger partial charge < -0.3 is 14.5 Å². The zero-order valence-corrected chi connectivity index (χ0v) is 15.1. The van der Waals surface area contributed by atoms with Gasteiger partial charge in [0.05, 0.1) is 19.2 Å². The van der Waals surface area contributed by atoms with Crippen LogP contribution in [0, 0.1) is 0 Å². The third-order valence-corrected chi connectivity index (χ3v) is 4.28. The summed E-state index contributed by atoms with van der Waals surface area (Å²) in [4.78, 5) is 24.7. The summed E-state index contributed by atoms with van der Waals surface area (Å²) in [6.07, 6.45) is 3.58. The van der Waals surface area contributed by atoms with Gasteiger partial charge in [-0.15, -0.1) is 0 Å². The van der Waals surface area contributed by atoms with Gasteiger partial charge in [0.2, 0.25) is 0 Å². The molecule has 0 radical (unpaired) electrons. The Balaban J connectivity index is 1.63. The van der Waals surface area contributed by atoms with Gasteiger partial charge in [-0.1, -0.05) is 12.1 Å². The molecule has 0 aliphatic carbocycles. The van der Waals surface area contributed by atoms with Crippen LogP contribution in [-0.4, -0.2) is 22.8 Å². The zero-order valence-electron chi connectivity index (χ0n) is 15.1. The fourth-order valence-corrected chi connectivity index (χ4v) is 2.98. The molecular formula is C21H17N3O4. The van der Waals surface area contributed by atoms with Gasteiger partial charge in [-0.25, -0.2) is 4.79 Å². The summed E-state index contributed by atoms with van der Waals surface area (Å²) in [6, 6.07) is 15.5. The largest absolute Gasteiger partial charge is 0.497 e. The lowest BCUT2D eigenvalue weighted by Crippen LogP contribution is -2.15. The molecule has 2 aromatic carbocycles. The number of carbonyl (C=O) groups excluding carboxylic acids is 1. The number of carbonyl (C=O) groups is 1. The number of anilines is 1. The van der Waals surface area contributed by atoms with Gasteiger partial charge in [0.1, 0.15) is 11.3 Å². The molecule has 0 atom stereocenters. The van der Waals surface area contributed by atoms with Crippen molar-refractivity contribution in [3.63, 3.8) is 0 Å². The molecule has 0 saturated carbocycles. The van der Waals surface area contributed by atoms with Gasteiger partial charge in [0.25, 0.3) is 5.91 Å². The molecule has 0 bridgehead atoms. The maximum absolute atomic E-state index is 12.8. The standard InChI is InChI=1S/C21H17N3O4/c1-27-16-6-7-17-18(12-20(25)28-19(17)11-16)21(26)23-15-5-2-4-14(10-15)13-24-9-3-8-22-24/h2-12H,13H2,1H3,(H,23,26). The van der Waals surface area contributed by atoms with Crippen LogP contribution in [0.2, 0.25) is 0 Å². The highest BCUT2D eigenvalue weighted by Gasteiger charge is 2.14. The summed E-state index contributed by atoms with van der Waals surface area (Å²) in [6.45, 7) is 0.592. The summed E-state index contributed by atoms with van der Waals surface area (Å²) >= 11 is 0. The van der Waals surface area contributed by atoms with E-state index in [2.05, 4.69) is 10.4 Å². The molecule has 2 heterocycles. The molecule has 0 spiro atoms. The number of rotatable bonds is 5. The van der Waals surface area contributed by atoms with Crippen LogP contribution >= 0.6 is 0 Å². The Bertz CT molecular complexity index is 1200. The zero-order chi connectivity index (χ0) is 19.5. The van der Waals surface area contributed by atoms with E-state index < -0.39 is 5.63 Å². The van der Waals surface area contributed by atoms with Crippen LogP contribution in [0.15, 0.2) is 76.2 Å². The lowest BCUT2D eigenvalue weighted by Gasteiger charge is -2.10. The van der Waals surface area contributed by atoms with E-state index in [1.807, 2.05) is 30.5 Å². The third kappa shape index (κ3) is 3.64. The number of benzene rings is 2. The molecule has 2 aromatic heterocycles. The smallest absolute Gasteiger partial charge is 0.337 e. The van der Waals surface area contributed by atoms with Gasteiger partial charge in [-0.2, -0.15) is 5.10 Å². The van der Waals surface area contributed by atoms with Crippen LogP contribution in [-0.2, 0) is 6.54 Å². The lowest BCUT2D eigenvalue weighted by molar-refractivity contribution is 0.102. The molecule has 0 aliphatic rings. The van der Waals surface area contributed by atoms with Crippen molar-refractivity contribution in [2.45, 2.75) is 6.54 Å². The molecule has 140 valence electrons. The highest BCUT2D eigenvalue weighted by atomic mass is 16.5. The highest BCUT2D eigenvalue weighted by molar-refractivity contribution is 6.12. The van der Waals surface area contributed by atoms with E-state index in [4.69, 9.17) is 9.15 Å². The van der Waals surface area contributed by atoms with Gasteiger partial charge in [0, 0.05) is 35.6 Å². The minimum atomic E-state index is -0.599. The van der Waals surface area contributed by atoms with Crippen LogP contribution in [0.5, 0.6) is 5.75 Å². The van der Waals surface area contributed by atoms with E-state index in [0.717, 1.165) is 5.56 Å². The van der Waals surface area contributed by atoms with E-state index in [0.29, 0.717) is 29.0 Å². The summed E-state index contributed by atoms with van der Waals surface area (Å²) < 4.78 is 12.1. The molecule has 4 rings (SSSR count). The summed E-state index contributed by atoms with van der Waals surface area (Å²) in [7, 11) is 1.52. The number of aromatic nitrogens is 2. The summed E-state index contributed by atoms with van der Waals surface area (Å²) in [5.41, 5.74) is 1.56. The van der Waals surface area contributed by atoms with Crippen molar-refractivity contribution in [2.75, 3.05) is 12.4 Å². The summed E-state index contributed by atoms with van der Waals surface area (Å²) in [5.74, 6) is 0.152. The monoisotopic (exact) mass is 375 g/mol. The van der Waals surface area contributed by atoms with Gasteiger partial charge >= 0.3 is 5.63 Å². The minimum Gasteiger partial charge on any atom is -0.497 e. The van der Waals surface area contributed by atoms with Crippen LogP contribution in [0.25, 0.3) is 11.0 Å². The number of nitrogens with one attached hydrogen (secondary N) is 1. The topological polar surface area (TPSA) is 86.4 Å². The van der Waals surface area contributed by atoms with Crippen LogP contribution in [0.1, 0.15) is 15.9 Å². The molecule has 0 saturated heterocycles. The Kier molecular flexibility index (Phi) is 4.63. The van der Waals surface area contributed by atoms with Crippen molar-refractivity contribution in [3.05, 3.63) is 88.5 Å². The number of methoxy groups -OCH3 is 1. The van der Waals surface area contributed by atoms with E-state index >= 15 is 0 Å². The Hall–Kier alpha value is -3.87. The number of ether oxygens (including phenoxy) is 1. The number of hydrogen-bond donors (Lipinski definition) is 1. The lowest BCUT2D eigenvalue weighted by atomic mass is 10.1. The Labute approximate surface area is 160 Å². The van der Waals surface area contributed by atoms with Crippen LogP contribution in [0.3, 0.4) is 0 Å². The van der Waals surface area contributed by atoms with Gasteiger partial charge in [-0.05, 0) is 35.9 Å². The molecule has 0 aliphatic heterocycles. The van der Waals surface area contributed by atoms with Crippen molar-refractivity contribution < 1.29 is 13.9 Å². The number of nitrogens with zero attached hydrogens (tertiary/aromatic N) is 2. The highest BCUT2D eigenvalue weighted by Crippen LogP contribution is 2.23. The first-order valence-electron chi connectivity index (χ1n) is 8.62. The fourth-order valence-electron chi connectivity index (χ4n) is 2.98. The van der Waals surface area contributed by atoms with Gasteiger partial charge in [0.15, 0.2) is 0 Å². The molecule has 0 unspecified atom stereocenters. The molecular weight excluding hydrogens is 358 g/mol. The Morgan fingerprint density at radius 3 is 2.86 bits per heavy atom. The predicted octanol–water partition coefficient (Wildman–Crippen LogP) is 3.30. The quantitative estimate of drug-likeness (QED) is 0.541. The van der Waals surface area contributed by atoms with Crippen molar-refractivity contribution in [1.29, 1.82) is 0 Å². The fraction of sp³-hybridized carbons (Fsp3) is 0.0952. The molecule has 28 heavy (non-hydrogen) atoms. The molecule has 7 heteroatoms. The van der Waals surface area contributed by atoms with Crippen LogP contribution in [0.4, 0.5) is 5.69 Å². The average molecular weight is 375 g/mol. The first-order chi connectivity index (χ1) is 13.6. The second-order valence-electron chi connectivity index (χ2n) is 6.20. The molecule has 4 aromatic rings. The van der Waals surface area contributed by atoms with Crippen molar-refractivity contribution in [3.8, 4) is 5.75 Å². The second kappa shape index (κ2) is 7.40. The number of amides is 1. The van der Waals surface area contributed by atoms with E-state index in [-0.39, 0.29) is 11.5 Å². The Morgan fingerprint density at radius 2 is 2.07 bits per heavy atom. The van der Waals surface area contributed by atoms with Crippen molar-refractivity contribution >= 4 is 22.6 Å². The maximum atomic E-state index is 12.8. The molecule has 7 nitrogen and oxygen atoms in total. The normalized spacial score (nSPS) is 10.8. The molecule has 1 N–H and O–H groups in total. The average Bonchev–Trinajstić information content (AvgIpc) is 3.20. The number of fused-ring (bicyclic) bond motifs is 1. The van der Waals surface area contributed by atoms with E-state index in [1.165, 1.54) is 13.2 Å². The van der Waals surface area contributed by atoms with E-state index in [9.17, 15) is 9.59 Å². The predicted molar refractivity (Wildman–Crippen MR) is 105 cm³/mol. The van der Waals surface area contributed by atoms with Crippen molar-refractivity contribution in [2.24, 2.45) is 0 Å². The number of hydrogen-bond acceptors (Lipinski definition) is 5. The maximum Gasteiger partial charge on any atom is 0.337 e. The van der Waals surface area contributed by atoms with E-state index in [1.54, 1.807) is 35.1 Å². The second-order valence-corrected chi connectivity index (χ2v) is 6.20. The summed E-state index contributed by atoms with van der Waals surface area (Å²) in [5, 5.41) is 7.56. The van der Waals surface area contributed by atoms with Gasteiger partial charge in [-0.3, -0.25) is 9.48 Å². The first kappa shape index (κ1) is 17.5. The third-order valence-electron chi connectivity index (χ3n) is 4.28. The molecule has 1 amide bonds. The van der Waals surface area contributed by atoms with Crippen molar-refractivity contribution in [1.82, 2.24) is 9.78 Å². The molecule has 0 fully saturated rings.